The zero-order valence-corrected chi connectivity index (χ0v) is 9.37. The van der Waals surface area contributed by atoms with Crippen LogP contribution in [0.5, 0.6) is 0 Å². The van der Waals surface area contributed by atoms with E-state index in [1.165, 1.54) is 5.56 Å². The molecule has 0 saturated carbocycles. The highest BCUT2D eigenvalue weighted by atomic mass is 15.4. The zero-order chi connectivity index (χ0) is 11.4. The van der Waals surface area contributed by atoms with Crippen LogP contribution in [-0.4, -0.2) is 15.0 Å². The Morgan fingerprint density at radius 2 is 2.06 bits per heavy atom. The van der Waals surface area contributed by atoms with Gasteiger partial charge in [0.05, 0.1) is 17.9 Å². The minimum Gasteiger partial charge on any atom is -0.325 e. The largest absolute Gasteiger partial charge is 0.325 e. The summed E-state index contributed by atoms with van der Waals surface area (Å²) in [5.74, 6) is 0. The monoisotopic (exact) mass is 216 g/mol. The summed E-state index contributed by atoms with van der Waals surface area (Å²) in [4.78, 5) is 0. The number of aromatic nitrogens is 3. The molecule has 0 amide bonds. The van der Waals surface area contributed by atoms with E-state index in [1.807, 2.05) is 16.9 Å². The molecule has 2 N–H and O–H groups in total. The van der Waals surface area contributed by atoms with E-state index in [1.54, 1.807) is 0 Å². The quantitative estimate of drug-likeness (QED) is 0.843. The minimum atomic E-state index is 0.301. The molecule has 2 rings (SSSR count). The molecule has 2 aromatic rings. The van der Waals surface area contributed by atoms with Gasteiger partial charge in [-0.05, 0) is 18.9 Å². The number of hydrogen-bond acceptors (Lipinski definition) is 3. The van der Waals surface area contributed by atoms with Crippen molar-refractivity contribution < 1.29 is 0 Å². The van der Waals surface area contributed by atoms with Gasteiger partial charge in [-0.15, -0.1) is 5.10 Å². The van der Waals surface area contributed by atoms with Crippen LogP contribution in [0.1, 0.15) is 24.2 Å². The van der Waals surface area contributed by atoms with E-state index < -0.39 is 0 Å². The van der Waals surface area contributed by atoms with E-state index >= 15 is 0 Å². The van der Waals surface area contributed by atoms with Crippen LogP contribution in [0, 0.1) is 0 Å². The molecule has 0 fully saturated rings. The molecule has 0 spiro atoms. The van der Waals surface area contributed by atoms with Crippen LogP contribution in [-0.2, 0) is 13.0 Å². The zero-order valence-electron chi connectivity index (χ0n) is 9.37. The highest BCUT2D eigenvalue weighted by molar-refractivity contribution is 5.15. The highest BCUT2D eigenvalue weighted by Gasteiger charge is 2.07. The Labute approximate surface area is 95.1 Å². The first-order valence-corrected chi connectivity index (χ1v) is 5.44. The van der Waals surface area contributed by atoms with Gasteiger partial charge in [0.25, 0.3) is 0 Å². The van der Waals surface area contributed by atoms with Crippen LogP contribution in [0.4, 0.5) is 0 Å². The maximum atomic E-state index is 5.50. The molecular weight excluding hydrogens is 200 g/mol. The van der Waals surface area contributed by atoms with E-state index in [0.29, 0.717) is 12.6 Å². The summed E-state index contributed by atoms with van der Waals surface area (Å²) in [6, 6.07) is 10.7. The Balaban J connectivity index is 2.05. The molecule has 84 valence electrons. The molecule has 4 nitrogen and oxygen atoms in total. The average Bonchev–Trinajstić information content (AvgIpc) is 2.79. The molecule has 0 saturated heterocycles. The van der Waals surface area contributed by atoms with Gasteiger partial charge in [0.15, 0.2) is 0 Å². The third kappa shape index (κ3) is 2.46. The molecule has 0 radical (unpaired) electrons. The predicted octanol–water partition coefficient (Wildman–Crippen LogP) is 1.54. The normalized spacial score (nSPS) is 12.6. The Hall–Kier alpha value is -1.68. The topological polar surface area (TPSA) is 56.7 Å². The fourth-order valence-corrected chi connectivity index (χ4v) is 1.67. The van der Waals surface area contributed by atoms with Crippen LogP contribution >= 0.6 is 0 Å². The summed E-state index contributed by atoms with van der Waals surface area (Å²) in [5, 5.41) is 8.06. The van der Waals surface area contributed by atoms with Gasteiger partial charge < -0.3 is 5.73 Å². The average molecular weight is 216 g/mol. The third-order valence-electron chi connectivity index (χ3n) is 2.59. The van der Waals surface area contributed by atoms with Gasteiger partial charge in [-0.3, -0.25) is 0 Å². The summed E-state index contributed by atoms with van der Waals surface area (Å²) >= 11 is 0. The molecule has 16 heavy (non-hydrogen) atoms. The lowest BCUT2D eigenvalue weighted by Crippen LogP contribution is -2.09. The molecule has 0 aliphatic heterocycles. The standard InChI is InChI=1S/C12H16N4/c1-10(7-11-5-3-2-4-6-11)16-9-12(8-13)14-15-16/h2-6,9-10H,7-8,13H2,1H3/t10-/m1/s1. The molecule has 1 heterocycles. The summed E-state index contributed by atoms with van der Waals surface area (Å²) in [5.41, 5.74) is 7.64. The molecule has 0 aliphatic rings. The van der Waals surface area contributed by atoms with Gasteiger partial charge in [-0.25, -0.2) is 4.68 Å². The number of rotatable bonds is 4. The van der Waals surface area contributed by atoms with E-state index in [0.717, 1.165) is 12.1 Å². The molecule has 1 aromatic heterocycles. The van der Waals surface area contributed by atoms with Gasteiger partial charge in [0.1, 0.15) is 0 Å². The van der Waals surface area contributed by atoms with Crippen LogP contribution < -0.4 is 5.73 Å². The van der Waals surface area contributed by atoms with Gasteiger partial charge >= 0.3 is 0 Å². The first-order valence-electron chi connectivity index (χ1n) is 5.44. The molecule has 1 atom stereocenters. The van der Waals surface area contributed by atoms with Crippen molar-refractivity contribution in [3.63, 3.8) is 0 Å². The summed E-state index contributed by atoms with van der Waals surface area (Å²) in [7, 11) is 0. The lowest BCUT2D eigenvalue weighted by molar-refractivity contribution is 0.474. The van der Waals surface area contributed by atoms with Gasteiger partial charge in [-0.2, -0.15) is 0 Å². The van der Waals surface area contributed by atoms with Crippen molar-refractivity contribution in [2.24, 2.45) is 5.73 Å². The second kappa shape index (κ2) is 4.90. The lowest BCUT2D eigenvalue weighted by atomic mass is 10.1. The molecule has 0 bridgehead atoms. The van der Waals surface area contributed by atoms with Crippen LogP contribution in [0.15, 0.2) is 36.5 Å². The van der Waals surface area contributed by atoms with E-state index in [9.17, 15) is 0 Å². The van der Waals surface area contributed by atoms with E-state index in [4.69, 9.17) is 5.73 Å². The fraction of sp³-hybridized carbons (Fsp3) is 0.333. The number of nitrogens with two attached hydrogens (primary N) is 1. The van der Waals surface area contributed by atoms with Crippen molar-refractivity contribution in [2.45, 2.75) is 25.9 Å². The second-order valence-electron chi connectivity index (χ2n) is 3.93. The van der Waals surface area contributed by atoms with Crippen LogP contribution in [0.2, 0.25) is 0 Å². The van der Waals surface area contributed by atoms with Crippen molar-refractivity contribution in [1.29, 1.82) is 0 Å². The molecule has 1 aromatic carbocycles. The number of nitrogens with zero attached hydrogens (tertiary/aromatic N) is 3. The second-order valence-corrected chi connectivity index (χ2v) is 3.93. The molecule has 0 unspecified atom stereocenters. The van der Waals surface area contributed by atoms with Crippen molar-refractivity contribution in [3.05, 3.63) is 47.8 Å². The van der Waals surface area contributed by atoms with E-state index in [2.05, 4.69) is 41.5 Å². The van der Waals surface area contributed by atoms with Crippen LogP contribution in [0.25, 0.3) is 0 Å². The Morgan fingerprint density at radius 3 is 2.69 bits per heavy atom. The Bertz CT molecular complexity index is 435. The van der Waals surface area contributed by atoms with Crippen molar-refractivity contribution in [1.82, 2.24) is 15.0 Å². The molecule has 4 heteroatoms. The predicted molar refractivity (Wildman–Crippen MR) is 62.8 cm³/mol. The van der Waals surface area contributed by atoms with Gasteiger partial charge in [-0.1, -0.05) is 35.5 Å². The summed E-state index contributed by atoms with van der Waals surface area (Å²) < 4.78 is 1.87. The fourth-order valence-electron chi connectivity index (χ4n) is 1.67. The van der Waals surface area contributed by atoms with E-state index in [-0.39, 0.29) is 0 Å². The number of hydrogen-bond donors (Lipinski definition) is 1. The Morgan fingerprint density at radius 1 is 1.31 bits per heavy atom. The van der Waals surface area contributed by atoms with Crippen molar-refractivity contribution in [2.75, 3.05) is 0 Å². The number of benzene rings is 1. The highest BCUT2D eigenvalue weighted by Crippen LogP contribution is 2.12. The van der Waals surface area contributed by atoms with Gasteiger partial charge in [0.2, 0.25) is 0 Å². The summed E-state index contributed by atoms with van der Waals surface area (Å²) in [6.45, 7) is 2.57. The molecule has 0 aliphatic carbocycles. The third-order valence-corrected chi connectivity index (χ3v) is 2.59. The molecular formula is C12H16N4. The van der Waals surface area contributed by atoms with Crippen molar-refractivity contribution >= 4 is 0 Å². The minimum absolute atomic E-state index is 0.301. The SMILES string of the molecule is C[C@H](Cc1ccccc1)n1cc(CN)nn1. The lowest BCUT2D eigenvalue weighted by Gasteiger charge is -2.10. The maximum absolute atomic E-state index is 5.50. The first kappa shape index (κ1) is 10.8. The summed E-state index contributed by atoms with van der Waals surface area (Å²) in [6.07, 6.45) is 2.86. The Kier molecular flexibility index (Phi) is 3.31. The van der Waals surface area contributed by atoms with Crippen molar-refractivity contribution in [3.8, 4) is 0 Å². The van der Waals surface area contributed by atoms with Crippen LogP contribution in [0.3, 0.4) is 0 Å². The smallest absolute Gasteiger partial charge is 0.0962 e. The first-order chi connectivity index (χ1) is 7.79. The van der Waals surface area contributed by atoms with Gasteiger partial charge in [0, 0.05) is 6.54 Å². The maximum Gasteiger partial charge on any atom is 0.0962 e.